The van der Waals surface area contributed by atoms with Crippen molar-refractivity contribution in [3.63, 3.8) is 0 Å². The molecule has 2 heterocycles. The summed E-state index contributed by atoms with van der Waals surface area (Å²) in [6.45, 7) is 9.50. The van der Waals surface area contributed by atoms with Gasteiger partial charge in [0.15, 0.2) is 0 Å². The van der Waals surface area contributed by atoms with Crippen molar-refractivity contribution in [2.24, 2.45) is 11.3 Å². The van der Waals surface area contributed by atoms with E-state index in [4.69, 9.17) is 9.47 Å². The van der Waals surface area contributed by atoms with E-state index in [0.29, 0.717) is 17.4 Å². The van der Waals surface area contributed by atoms with Crippen LogP contribution in [0.3, 0.4) is 0 Å². The average Bonchev–Trinajstić information content (AvgIpc) is 3.02. The number of ether oxygens (including phenoxy) is 2. The smallest absolute Gasteiger partial charge is 0.104 e. The fourth-order valence-electron chi connectivity index (χ4n) is 5.14. The van der Waals surface area contributed by atoms with Crippen LogP contribution in [0, 0.1) is 11.3 Å². The van der Waals surface area contributed by atoms with Crippen molar-refractivity contribution in [3.05, 3.63) is 0 Å². The van der Waals surface area contributed by atoms with E-state index in [1.54, 1.807) is 0 Å². The van der Waals surface area contributed by atoms with Gasteiger partial charge in [-0.05, 0) is 51.4 Å². The maximum absolute atomic E-state index is 6.33. The van der Waals surface area contributed by atoms with Gasteiger partial charge < -0.3 is 9.47 Å². The lowest BCUT2D eigenvalue weighted by atomic mass is 9.60. The fraction of sp³-hybridized carbons (Fsp3) is 1.00. The van der Waals surface area contributed by atoms with Gasteiger partial charge in [-0.25, -0.2) is 0 Å². The van der Waals surface area contributed by atoms with Crippen molar-refractivity contribution in [2.75, 3.05) is 0 Å². The van der Waals surface area contributed by atoms with Crippen molar-refractivity contribution in [1.29, 1.82) is 0 Å². The van der Waals surface area contributed by atoms with E-state index in [1.807, 2.05) is 0 Å². The quantitative estimate of drug-likeness (QED) is 0.603. The Hall–Kier alpha value is -0.0800. The molecule has 2 nitrogen and oxygen atoms in total. The van der Waals surface area contributed by atoms with Crippen LogP contribution in [-0.4, -0.2) is 22.9 Å². The third kappa shape index (κ3) is 1.10. The van der Waals surface area contributed by atoms with Crippen LogP contribution < -0.4 is 0 Å². The molecular weight excluding hydrogens is 212 g/mol. The molecule has 2 aliphatic carbocycles. The second-order valence-corrected chi connectivity index (χ2v) is 7.89. The van der Waals surface area contributed by atoms with Crippen LogP contribution >= 0.6 is 0 Å². The van der Waals surface area contributed by atoms with Crippen molar-refractivity contribution < 1.29 is 9.47 Å². The zero-order valence-corrected chi connectivity index (χ0v) is 11.5. The van der Waals surface area contributed by atoms with Crippen LogP contribution in [0.15, 0.2) is 0 Å². The molecule has 0 aromatic rings. The Labute approximate surface area is 104 Å². The predicted octanol–water partition coefficient (Wildman–Crippen LogP) is 3.29. The summed E-state index contributed by atoms with van der Waals surface area (Å²) in [6, 6.07) is 0. The fourth-order valence-corrected chi connectivity index (χ4v) is 5.14. The number of hydrogen-bond donors (Lipinski definition) is 0. The molecule has 2 saturated carbocycles. The lowest BCUT2D eigenvalue weighted by molar-refractivity contribution is 0.0498. The Bertz CT molecular complexity index is 390. The summed E-state index contributed by atoms with van der Waals surface area (Å²) in [7, 11) is 0. The normalized spacial score (nSPS) is 62.8. The lowest BCUT2D eigenvalue weighted by Gasteiger charge is -2.40. The van der Waals surface area contributed by atoms with Gasteiger partial charge >= 0.3 is 0 Å². The van der Waals surface area contributed by atoms with Gasteiger partial charge in [0.05, 0.1) is 17.3 Å². The van der Waals surface area contributed by atoms with E-state index in [-0.39, 0.29) is 16.8 Å². The van der Waals surface area contributed by atoms with Gasteiger partial charge in [-0.3, -0.25) is 0 Å². The number of epoxide rings is 2. The molecule has 96 valence electrons. The zero-order chi connectivity index (χ0) is 12.1. The number of rotatable bonds is 0. The molecule has 2 heteroatoms. The number of hydrogen-bond acceptors (Lipinski definition) is 2. The standard InChI is InChI=1S/C15H24O2/c1-12(2)6-5-7-14(4)15(17-14)9-8-13(3)11(16-13)10(12)15/h10-11H,5-9H2,1-4H3/t10?,11-,13+,14+,15-/m0/s1. The summed E-state index contributed by atoms with van der Waals surface area (Å²) in [6.07, 6.45) is 6.76. The Balaban J connectivity index is 1.79. The van der Waals surface area contributed by atoms with Crippen LogP contribution in [0.4, 0.5) is 0 Å². The summed E-state index contributed by atoms with van der Waals surface area (Å²) >= 11 is 0. The van der Waals surface area contributed by atoms with Gasteiger partial charge in [0, 0.05) is 5.92 Å². The van der Waals surface area contributed by atoms with Gasteiger partial charge in [-0.15, -0.1) is 0 Å². The SMILES string of the molecule is CC1(C)CCC[C@@]2(C)O[C@]23CC[C@@]2(C)O[C@H]2C13. The molecule has 0 radical (unpaired) electrons. The lowest BCUT2D eigenvalue weighted by Crippen LogP contribution is -2.48. The van der Waals surface area contributed by atoms with E-state index in [1.165, 1.54) is 32.1 Å². The molecule has 0 amide bonds. The van der Waals surface area contributed by atoms with Gasteiger partial charge in [0.25, 0.3) is 0 Å². The second-order valence-electron chi connectivity index (χ2n) is 7.89. The van der Waals surface area contributed by atoms with Crippen molar-refractivity contribution in [1.82, 2.24) is 0 Å². The first kappa shape index (κ1) is 10.8. The first-order valence-corrected chi connectivity index (χ1v) is 7.21. The highest BCUT2D eigenvalue weighted by Gasteiger charge is 2.81. The third-order valence-corrected chi connectivity index (χ3v) is 6.32. The molecule has 1 spiro atoms. The van der Waals surface area contributed by atoms with E-state index in [2.05, 4.69) is 27.7 Å². The molecule has 5 atom stereocenters. The average molecular weight is 236 g/mol. The van der Waals surface area contributed by atoms with Gasteiger partial charge in [0.1, 0.15) is 5.60 Å². The van der Waals surface area contributed by atoms with Gasteiger partial charge in [0.2, 0.25) is 0 Å². The minimum atomic E-state index is 0.160. The molecule has 2 aliphatic heterocycles. The Morgan fingerprint density at radius 2 is 1.71 bits per heavy atom. The van der Waals surface area contributed by atoms with Gasteiger partial charge in [-0.2, -0.15) is 0 Å². The Morgan fingerprint density at radius 1 is 0.941 bits per heavy atom. The Morgan fingerprint density at radius 3 is 2.47 bits per heavy atom. The molecule has 0 aromatic heterocycles. The molecule has 17 heavy (non-hydrogen) atoms. The molecule has 1 unspecified atom stereocenters. The van der Waals surface area contributed by atoms with Gasteiger partial charge in [-0.1, -0.05) is 13.8 Å². The summed E-state index contributed by atoms with van der Waals surface area (Å²) in [5.41, 5.74) is 0.883. The monoisotopic (exact) mass is 236 g/mol. The van der Waals surface area contributed by atoms with Crippen LogP contribution in [0.25, 0.3) is 0 Å². The van der Waals surface area contributed by atoms with Crippen molar-refractivity contribution >= 4 is 0 Å². The maximum atomic E-state index is 6.33. The third-order valence-electron chi connectivity index (χ3n) is 6.32. The molecule has 4 fully saturated rings. The molecule has 4 aliphatic rings. The largest absolute Gasteiger partial charge is 0.366 e. The van der Waals surface area contributed by atoms with Crippen LogP contribution in [0.2, 0.25) is 0 Å². The second kappa shape index (κ2) is 2.60. The van der Waals surface area contributed by atoms with E-state index in [0.717, 1.165) is 0 Å². The molecular formula is C15H24O2. The highest BCUT2D eigenvalue weighted by molar-refractivity contribution is 5.28. The van der Waals surface area contributed by atoms with Crippen LogP contribution in [-0.2, 0) is 9.47 Å². The summed E-state index contributed by atoms with van der Waals surface area (Å²) < 4.78 is 12.4. The van der Waals surface area contributed by atoms with E-state index >= 15 is 0 Å². The van der Waals surface area contributed by atoms with Crippen LogP contribution in [0.5, 0.6) is 0 Å². The van der Waals surface area contributed by atoms with E-state index in [9.17, 15) is 0 Å². The van der Waals surface area contributed by atoms with Crippen LogP contribution in [0.1, 0.15) is 59.8 Å². The maximum Gasteiger partial charge on any atom is 0.104 e. The highest BCUT2D eigenvalue weighted by Crippen LogP contribution is 2.72. The summed E-state index contributed by atoms with van der Waals surface area (Å²) in [5, 5.41) is 0. The Kier molecular flexibility index (Phi) is 1.65. The van der Waals surface area contributed by atoms with E-state index < -0.39 is 0 Å². The molecule has 2 saturated heterocycles. The first-order valence-electron chi connectivity index (χ1n) is 7.21. The predicted molar refractivity (Wildman–Crippen MR) is 65.9 cm³/mol. The number of fused-ring (bicyclic) bond motifs is 2. The molecule has 4 rings (SSSR count). The van der Waals surface area contributed by atoms with Crippen molar-refractivity contribution in [2.45, 2.75) is 82.7 Å². The topological polar surface area (TPSA) is 25.1 Å². The first-order chi connectivity index (χ1) is 7.83. The molecule has 0 bridgehead atoms. The highest BCUT2D eigenvalue weighted by atomic mass is 16.6. The zero-order valence-electron chi connectivity index (χ0n) is 11.5. The molecule has 0 aromatic carbocycles. The summed E-state index contributed by atoms with van der Waals surface area (Å²) in [4.78, 5) is 0. The van der Waals surface area contributed by atoms with Crippen molar-refractivity contribution in [3.8, 4) is 0 Å². The summed E-state index contributed by atoms with van der Waals surface area (Å²) in [5.74, 6) is 0.612. The minimum absolute atomic E-state index is 0.160. The minimum Gasteiger partial charge on any atom is -0.366 e. The molecule has 0 N–H and O–H groups in total.